The first-order valence-corrected chi connectivity index (χ1v) is 8.24. The highest BCUT2D eigenvalue weighted by atomic mass is 16.5. The highest BCUT2D eigenvalue weighted by molar-refractivity contribution is 5.89. The van der Waals surface area contributed by atoms with E-state index in [9.17, 15) is 9.59 Å². The molecule has 0 aliphatic heterocycles. The molecule has 0 aliphatic carbocycles. The first-order chi connectivity index (χ1) is 11.9. The number of carbonyl (C=O) groups is 2. The van der Waals surface area contributed by atoms with E-state index in [1.54, 1.807) is 24.1 Å². The minimum Gasteiger partial charge on any atom is -0.465 e. The Morgan fingerprint density at radius 1 is 1.24 bits per heavy atom. The van der Waals surface area contributed by atoms with Crippen molar-refractivity contribution in [2.24, 2.45) is 0 Å². The summed E-state index contributed by atoms with van der Waals surface area (Å²) in [7, 11) is 3.12. The molecule has 1 unspecified atom stereocenters. The maximum atomic E-state index is 12.9. The molecule has 1 atom stereocenters. The van der Waals surface area contributed by atoms with E-state index in [-0.39, 0.29) is 17.8 Å². The molecule has 6 heteroatoms. The number of benzene rings is 1. The van der Waals surface area contributed by atoms with Crippen LogP contribution < -0.4 is 0 Å². The van der Waals surface area contributed by atoms with Gasteiger partial charge >= 0.3 is 5.97 Å². The number of carbonyl (C=O) groups excluding carboxylic acids is 2. The van der Waals surface area contributed by atoms with Gasteiger partial charge in [-0.2, -0.15) is 0 Å². The van der Waals surface area contributed by atoms with Gasteiger partial charge in [-0.05, 0) is 38.0 Å². The zero-order valence-electron chi connectivity index (χ0n) is 15.3. The number of ether oxygens (including phenoxy) is 1. The number of rotatable bonds is 6. The summed E-state index contributed by atoms with van der Waals surface area (Å²) < 4.78 is 9.89. The third kappa shape index (κ3) is 4.07. The standard InChI is InChI=1S/C19H24N2O4/c1-6-16(17-12(2)20-25-13(17)3)18(22)21(4)11-14-7-9-15(10-8-14)19(23)24-5/h7-10,16H,6,11H2,1-5H3. The lowest BCUT2D eigenvalue weighted by atomic mass is 9.93. The predicted octanol–water partition coefficient (Wildman–Crippen LogP) is 3.23. The van der Waals surface area contributed by atoms with Crippen LogP contribution in [-0.4, -0.2) is 36.1 Å². The molecule has 2 rings (SSSR count). The van der Waals surface area contributed by atoms with Crippen LogP contribution in [0, 0.1) is 13.8 Å². The van der Waals surface area contributed by atoms with Crippen molar-refractivity contribution < 1.29 is 18.8 Å². The van der Waals surface area contributed by atoms with Crippen molar-refractivity contribution in [3.05, 3.63) is 52.4 Å². The van der Waals surface area contributed by atoms with Gasteiger partial charge in [-0.25, -0.2) is 4.79 Å². The molecule has 0 N–H and O–H groups in total. The molecule has 1 aromatic heterocycles. The van der Waals surface area contributed by atoms with Crippen LogP contribution in [0.3, 0.4) is 0 Å². The van der Waals surface area contributed by atoms with Crippen LogP contribution in [0.4, 0.5) is 0 Å². The molecular formula is C19H24N2O4. The molecule has 134 valence electrons. The van der Waals surface area contributed by atoms with E-state index in [1.165, 1.54) is 7.11 Å². The number of hydrogen-bond donors (Lipinski definition) is 0. The Morgan fingerprint density at radius 3 is 2.36 bits per heavy atom. The third-order valence-electron chi connectivity index (χ3n) is 4.31. The average Bonchev–Trinajstić information content (AvgIpc) is 2.94. The van der Waals surface area contributed by atoms with Crippen molar-refractivity contribution in [2.75, 3.05) is 14.2 Å². The van der Waals surface area contributed by atoms with E-state index >= 15 is 0 Å². The van der Waals surface area contributed by atoms with E-state index < -0.39 is 0 Å². The van der Waals surface area contributed by atoms with Crippen LogP contribution in [0.15, 0.2) is 28.8 Å². The van der Waals surface area contributed by atoms with Gasteiger partial charge in [-0.3, -0.25) is 4.79 Å². The summed E-state index contributed by atoms with van der Waals surface area (Å²) in [4.78, 5) is 26.0. The van der Waals surface area contributed by atoms with Crippen LogP contribution in [0.25, 0.3) is 0 Å². The van der Waals surface area contributed by atoms with E-state index in [4.69, 9.17) is 4.52 Å². The number of aryl methyl sites for hydroxylation is 2. The molecule has 1 heterocycles. The van der Waals surface area contributed by atoms with Gasteiger partial charge in [0.25, 0.3) is 0 Å². The monoisotopic (exact) mass is 344 g/mol. The number of methoxy groups -OCH3 is 1. The van der Waals surface area contributed by atoms with E-state index in [0.29, 0.717) is 24.3 Å². The molecule has 0 spiro atoms. The largest absolute Gasteiger partial charge is 0.465 e. The van der Waals surface area contributed by atoms with E-state index in [1.807, 2.05) is 32.9 Å². The lowest BCUT2D eigenvalue weighted by Crippen LogP contribution is -2.31. The predicted molar refractivity (Wildman–Crippen MR) is 93.3 cm³/mol. The minimum absolute atomic E-state index is 0.0222. The summed E-state index contributed by atoms with van der Waals surface area (Å²) in [5, 5.41) is 3.96. The number of esters is 1. The van der Waals surface area contributed by atoms with E-state index in [2.05, 4.69) is 9.89 Å². The maximum absolute atomic E-state index is 12.9. The fourth-order valence-corrected chi connectivity index (χ4v) is 2.97. The second kappa shape index (κ2) is 7.96. The van der Waals surface area contributed by atoms with Gasteiger partial charge in [0.2, 0.25) is 5.91 Å². The zero-order valence-corrected chi connectivity index (χ0v) is 15.3. The van der Waals surface area contributed by atoms with Crippen molar-refractivity contribution in [3.63, 3.8) is 0 Å². The van der Waals surface area contributed by atoms with Crippen molar-refractivity contribution >= 4 is 11.9 Å². The quantitative estimate of drug-likeness (QED) is 0.752. The molecule has 25 heavy (non-hydrogen) atoms. The number of aromatic nitrogens is 1. The number of hydrogen-bond acceptors (Lipinski definition) is 5. The van der Waals surface area contributed by atoms with Crippen molar-refractivity contribution in [1.82, 2.24) is 10.1 Å². The molecule has 6 nitrogen and oxygen atoms in total. The molecule has 0 saturated heterocycles. The first kappa shape index (κ1) is 18.7. The summed E-state index contributed by atoms with van der Waals surface area (Å²) in [6.45, 7) is 6.12. The van der Waals surface area contributed by atoms with Crippen LogP contribution in [0.2, 0.25) is 0 Å². The lowest BCUT2D eigenvalue weighted by molar-refractivity contribution is -0.132. The summed E-state index contributed by atoms with van der Waals surface area (Å²) in [5.74, 6) is 0.0634. The number of nitrogens with zero attached hydrogens (tertiary/aromatic N) is 2. The topological polar surface area (TPSA) is 72.6 Å². The maximum Gasteiger partial charge on any atom is 0.337 e. The van der Waals surface area contributed by atoms with Gasteiger partial charge in [-0.1, -0.05) is 24.2 Å². The normalized spacial score (nSPS) is 11.9. The highest BCUT2D eigenvalue weighted by Crippen LogP contribution is 2.28. The van der Waals surface area contributed by atoms with Gasteiger partial charge in [0, 0.05) is 19.2 Å². The van der Waals surface area contributed by atoms with Gasteiger partial charge in [-0.15, -0.1) is 0 Å². The molecule has 2 aromatic rings. The molecule has 1 aromatic carbocycles. The number of likely N-dealkylation sites (N-methyl/N-ethyl adjacent to an activating group) is 1. The Hall–Kier alpha value is -2.63. The first-order valence-electron chi connectivity index (χ1n) is 8.24. The summed E-state index contributed by atoms with van der Waals surface area (Å²) >= 11 is 0. The Bertz CT molecular complexity index is 730. The fourth-order valence-electron chi connectivity index (χ4n) is 2.97. The average molecular weight is 344 g/mol. The molecule has 0 radical (unpaired) electrons. The molecule has 0 fully saturated rings. The lowest BCUT2D eigenvalue weighted by Gasteiger charge is -2.23. The minimum atomic E-state index is -0.375. The van der Waals surface area contributed by atoms with Crippen molar-refractivity contribution in [1.29, 1.82) is 0 Å². The Kier molecular flexibility index (Phi) is 5.96. The SMILES string of the molecule is CCC(C(=O)N(C)Cc1ccc(C(=O)OC)cc1)c1c(C)noc1C. The summed E-state index contributed by atoms with van der Waals surface area (Å²) in [6.07, 6.45) is 0.674. The van der Waals surface area contributed by atoms with Crippen molar-refractivity contribution in [2.45, 2.75) is 39.7 Å². The van der Waals surface area contributed by atoms with Crippen LogP contribution in [-0.2, 0) is 16.1 Å². The highest BCUT2D eigenvalue weighted by Gasteiger charge is 2.28. The van der Waals surface area contributed by atoms with Crippen LogP contribution in [0.5, 0.6) is 0 Å². The number of amides is 1. The fraction of sp³-hybridized carbons (Fsp3) is 0.421. The van der Waals surface area contributed by atoms with Crippen LogP contribution in [0.1, 0.15) is 52.2 Å². The van der Waals surface area contributed by atoms with Gasteiger partial charge in [0.05, 0.1) is 24.3 Å². The Balaban J connectivity index is 2.12. The second-order valence-corrected chi connectivity index (χ2v) is 6.08. The van der Waals surface area contributed by atoms with Crippen LogP contribution >= 0.6 is 0 Å². The van der Waals surface area contributed by atoms with Gasteiger partial charge in [0.15, 0.2) is 0 Å². The Labute approximate surface area is 147 Å². The third-order valence-corrected chi connectivity index (χ3v) is 4.31. The summed E-state index contributed by atoms with van der Waals surface area (Å²) in [5.41, 5.74) is 3.06. The van der Waals surface area contributed by atoms with Gasteiger partial charge < -0.3 is 14.2 Å². The van der Waals surface area contributed by atoms with E-state index in [0.717, 1.165) is 16.8 Å². The zero-order chi connectivity index (χ0) is 18.6. The Morgan fingerprint density at radius 2 is 1.88 bits per heavy atom. The molecule has 0 aliphatic rings. The molecule has 0 saturated carbocycles. The molecule has 1 amide bonds. The smallest absolute Gasteiger partial charge is 0.337 e. The summed E-state index contributed by atoms with van der Waals surface area (Å²) in [6, 6.07) is 7.05. The second-order valence-electron chi connectivity index (χ2n) is 6.08. The molecular weight excluding hydrogens is 320 g/mol. The van der Waals surface area contributed by atoms with Gasteiger partial charge in [0.1, 0.15) is 5.76 Å². The van der Waals surface area contributed by atoms with Crippen molar-refractivity contribution in [3.8, 4) is 0 Å². The molecule has 0 bridgehead atoms.